The molecule has 0 aliphatic heterocycles. The van der Waals surface area contributed by atoms with Gasteiger partial charge in [0.15, 0.2) is 0 Å². The quantitative estimate of drug-likeness (QED) is 0.141. The van der Waals surface area contributed by atoms with Crippen LogP contribution in [-0.2, 0) is 5.41 Å². The van der Waals surface area contributed by atoms with Crippen LogP contribution in [-0.4, -0.2) is 0 Å². The first kappa shape index (κ1) is 38.5. The fourth-order valence-corrected chi connectivity index (χ4v) is 10.3. The smallest absolute Gasteiger partial charge is 0.0546 e. The van der Waals surface area contributed by atoms with Crippen molar-refractivity contribution in [1.82, 2.24) is 0 Å². The summed E-state index contributed by atoms with van der Waals surface area (Å²) in [5.74, 6) is 0. The maximum Gasteiger partial charge on any atom is 0.0546 e. The molecule has 1 aliphatic carbocycles. The summed E-state index contributed by atoms with van der Waals surface area (Å²) in [6, 6.07) is 88.9. The molecule has 0 atom stereocenters. The molecule has 11 aromatic carbocycles. The Balaban J connectivity index is 0.952. The highest BCUT2D eigenvalue weighted by Crippen LogP contribution is 2.53. The van der Waals surface area contributed by atoms with Gasteiger partial charge in [0.25, 0.3) is 0 Å². The van der Waals surface area contributed by atoms with Gasteiger partial charge in [-0.25, -0.2) is 0 Å². The van der Waals surface area contributed by atoms with Crippen LogP contribution in [0.2, 0.25) is 0 Å². The molecule has 308 valence electrons. The fourth-order valence-electron chi connectivity index (χ4n) is 10.3. The highest BCUT2D eigenvalue weighted by molar-refractivity contribution is 6.15. The second-order valence-corrected chi connectivity index (χ2v) is 17.7. The third-order valence-corrected chi connectivity index (χ3v) is 13.6. The number of benzene rings is 11. The largest absolute Gasteiger partial charge is 0.310 e. The van der Waals surface area contributed by atoms with E-state index >= 15 is 0 Å². The van der Waals surface area contributed by atoms with Gasteiger partial charge in [-0.05, 0) is 127 Å². The van der Waals surface area contributed by atoms with Crippen LogP contribution in [0.25, 0.3) is 65.7 Å². The van der Waals surface area contributed by atoms with Crippen molar-refractivity contribution in [1.29, 1.82) is 0 Å². The van der Waals surface area contributed by atoms with E-state index in [1.54, 1.807) is 0 Å². The van der Waals surface area contributed by atoms with Gasteiger partial charge in [-0.3, -0.25) is 0 Å². The maximum absolute atomic E-state index is 2.50. The Kier molecular flexibility index (Phi) is 9.21. The molecule has 0 spiro atoms. The molecule has 0 amide bonds. The van der Waals surface area contributed by atoms with E-state index in [0.29, 0.717) is 0 Å². The molecule has 2 nitrogen and oxygen atoms in total. The number of fused-ring (bicyclic) bond motifs is 7. The van der Waals surface area contributed by atoms with Gasteiger partial charge in [-0.2, -0.15) is 0 Å². The lowest BCUT2D eigenvalue weighted by Gasteiger charge is -2.30. The minimum Gasteiger partial charge on any atom is -0.310 e. The summed E-state index contributed by atoms with van der Waals surface area (Å²) in [6.07, 6.45) is 0. The van der Waals surface area contributed by atoms with Crippen molar-refractivity contribution in [2.45, 2.75) is 19.3 Å². The monoisotopic (exact) mass is 830 g/mol. The van der Waals surface area contributed by atoms with Crippen molar-refractivity contribution in [3.8, 4) is 33.4 Å². The van der Waals surface area contributed by atoms with E-state index in [4.69, 9.17) is 0 Å². The van der Waals surface area contributed by atoms with Gasteiger partial charge in [0.05, 0.1) is 11.4 Å². The molecule has 0 unspecified atom stereocenters. The summed E-state index contributed by atoms with van der Waals surface area (Å²) < 4.78 is 0. The van der Waals surface area contributed by atoms with Gasteiger partial charge in [-0.15, -0.1) is 0 Å². The van der Waals surface area contributed by atoms with E-state index in [2.05, 4.69) is 266 Å². The SMILES string of the molecule is CC1(C)c2cc(N(c3ccccc3)c3ccc(-c4ccc(-c5ccccc5)cc4)cc3)ccc2-c2ccc(N(c3cccc4ccccc34)c3cc4ccccc4c4ccccc34)cc21. The van der Waals surface area contributed by atoms with Gasteiger partial charge in [-0.1, -0.05) is 196 Å². The molecule has 0 aromatic heterocycles. The lowest BCUT2D eigenvalue weighted by atomic mass is 9.82. The summed E-state index contributed by atoms with van der Waals surface area (Å²) in [4.78, 5) is 4.89. The van der Waals surface area contributed by atoms with Gasteiger partial charge in [0.1, 0.15) is 0 Å². The summed E-state index contributed by atoms with van der Waals surface area (Å²) >= 11 is 0. The van der Waals surface area contributed by atoms with Gasteiger partial charge in [0, 0.05) is 38.9 Å². The summed E-state index contributed by atoms with van der Waals surface area (Å²) in [7, 11) is 0. The van der Waals surface area contributed by atoms with E-state index in [0.717, 1.165) is 28.4 Å². The van der Waals surface area contributed by atoms with Crippen LogP contribution in [0.15, 0.2) is 243 Å². The van der Waals surface area contributed by atoms with Crippen molar-refractivity contribution in [3.63, 3.8) is 0 Å². The number of hydrogen-bond acceptors (Lipinski definition) is 2. The molecule has 0 fully saturated rings. The molecule has 0 saturated heterocycles. The number of hydrogen-bond donors (Lipinski definition) is 0. The summed E-state index contributed by atoms with van der Waals surface area (Å²) in [5, 5.41) is 7.40. The predicted molar refractivity (Wildman–Crippen MR) is 277 cm³/mol. The Morgan fingerprint density at radius 1 is 0.277 bits per heavy atom. The molecular formula is C63H46N2. The Morgan fingerprint density at radius 3 is 1.37 bits per heavy atom. The molecule has 11 aromatic rings. The van der Waals surface area contributed by atoms with E-state index in [1.807, 2.05) is 0 Å². The average Bonchev–Trinajstić information content (AvgIpc) is 3.59. The molecule has 2 heteroatoms. The second kappa shape index (κ2) is 15.6. The van der Waals surface area contributed by atoms with Crippen LogP contribution < -0.4 is 9.80 Å². The molecule has 0 heterocycles. The van der Waals surface area contributed by atoms with Crippen LogP contribution in [0.1, 0.15) is 25.0 Å². The van der Waals surface area contributed by atoms with Crippen molar-refractivity contribution >= 4 is 66.4 Å². The average molecular weight is 831 g/mol. The van der Waals surface area contributed by atoms with E-state index in [-0.39, 0.29) is 5.41 Å². The van der Waals surface area contributed by atoms with Crippen molar-refractivity contribution < 1.29 is 0 Å². The Labute approximate surface area is 380 Å². The van der Waals surface area contributed by atoms with Crippen LogP contribution in [0.5, 0.6) is 0 Å². The van der Waals surface area contributed by atoms with Gasteiger partial charge < -0.3 is 9.80 Å². The van der Waals surface area contributed by atoms with E-state index in [1.165, 1.54) is 82.5 Å². The fraction of sp³-hybridized carbons (Fsp3) is 0.0476. The second-order valence-electron chi connectivity index (χ2n) is 17.7. The van der Waals surface area contributed by atoms with Crippen molar-refractivity contribution in [3.05, 3.63) is 254 Å². The van der Waals surface area contributed by atoms with Crippen LogP contribution in [0.4, 0.5) is 34.1 Å². The maximum atomic E-state index is 2.50. The third-order valence-electron chi connectivity index (χ3n) is 13.6. The normalized spacial score (nSPS) is 12.6. The van der Waals surface area contributed by atoms with E-state index < -0.39 is 0 Å². The Hall–Kier alpha value is -8.20. The standard InChI is InChI=1S/C63H46N2/c1-63(2)59-41-51(64(49-21-7-4-8-22-49)50-34-32-46(33-35-50)45-30-28-44(29-31-45)43-16-5-3-6-17-43)36-38-56(59)57-39-37-52(42-60(57)63)65(61-27-15-20-47-18-9-12-24-54(47)61)62-40-48-19-10-11-23-53(48)55-25-13-14-26-58(55)62/h3-42H,1-2H3. The molecule has 0 bridgehead atoms. The number of rotatable bonds is 8. The lowest BCUT2D eigenvalue weighted by molar-refractivity contribution is 0.660. The van der Waals surface area contributed by atoms with Crippen molar-refractivity contribution in [2.24, 2.45) is 0 Å². The predicted octanol–water partition coefficient (Wildman–Crippen LogP) is 17.7. The Bertz CT molecular complexity index is 3550. The summed E-state index contributed by atoms with van der Waals surface area (Å²) in [5.41, 5.74) is 16.6. The zero-order valence-corrected chi connectivity index (χ0v) is 36.5. The summed E-state index contributed by atoms with van der Waals surface area (Å²) in [6.45, 7) is 4.78. The highest BCUT2D eigenvalue weighted by atomic mass is 15.1. The molecule has 65 heavy (non-hydrogen) atoms. The topological polar surface area (TPSA) is 6.48 Å². The highest BCUT2D eigenvalue weighted by Gasteiger charge is 2.37. The number of nitrogens with zero attached hydrogens (tertiary/aromatic N) is 2. The first-order valence-corrected chi connectivity index (χ1v) is 22.6. The Morgan fingerprint density at radius 2 is 0.723 bits per heavy atom. The van der Waals surface area contributed by atoms with Crippen LogP contribution >= 0.6 is 0 Å². The minimum absolute atomic E-state index is 0.273. The minimum atomic E-state index is -0.273. The van der Waals surface area contributed by atoms with Crippen LogP contribution in [0, 0.1) is 0 Å². The molecule has 12 rings (SSSR count). The molecule has 0 N–H and O–H groups in total. The van der Waals surface area contributed by atoms with Gasteiger partial charge >= 0.3 is 0 Å². The van der Waals surface area contributed by atoms with Crippen molar-refractivity contribution in [2.75, 3.05) is 9.80 Å². The molecule has 0 radical (unpaired) electrons. The first-order chi connectivity index (χ1) is 32.0. The molecular weight excluding hydrogens is 785 g/mol. The van der Waals surface area contributed by atoms with E-state index in [9.17, 15) is 0 Å². The lowest BCUT2D eigenvalue weighted by Crippen LogP contribution is -2.18. The first-order valence-electron chi connectivity index (χ1n) is 22.6. The van der Waals surface area contributed by atoms with Crippen LogP contribution in [0.3, 0.4) is 0 Å². The van der Waals surface area contributed by atoms with Gasteiger partial charge in [0.2, 0.25) is 0 Å². The zero-order chi connectivity index (χ0) is 43.5. The third kappa shape index (κ3) is 6.57. The zero-order valence-electron chi connectivity index (χ0n) is 36.5. The number of para-hydroxylation sites is 1. The molecule has 0 saturated carbocycles. The molecule has 1 aliphatic rings. The number of anilines is 6.